The Labute approximate surface area is 142 Å². The highest BCUT2D eigenvalue weighted by atomic mass is 16.3. The topological polar surface area (TPSA) is 64.0 Å². The molecule has 128 valence electrons. The molecule has 0 heterocycles. The van der Waals surface area contributed by atoms with Crippen LogP contribution in [0.4, 0.5) is 16.2 Å². The van der Waals surface area contributed by atoms with Crippen molar-refractivity contribution in [3.63, 3.8) is 0 Å². The van der Waals surface area contributed by atoms with E-state index in [9.17, 15) is 15.0 Å². The average molecular weight is 328 g/mol. The van der Waals surface area contributed by atoms with Crippen LogP contribution in [-0.4, -0.2) is 29.3 Å². The predicted octanol–water partition coefficient (Wildman–Crippen LogP) is 3.14. The summed E-state index contributed by atoms with van der Waals surface area (Å²) in [6.07, 6.45) is 0. The second kappa shape index (κ2) is 8.47. The van der Waals surface area contributed by atoms with Crippen molar-refractivity contribution in [2.45, 2.75) is 27.1 Å². The normalized spacial score (nSPS) is 10.5. The van der Waals surface area contributed by atoms with Crippen LogP contribution in [0.25, 0.3) is 0 Å². The monoisotopic (exact) mass is 328 g/mol. The highest BCUT2D eigenvalue weighted by molar-refractivity contribution is 6.04. The van der Waals surface area contributed by atoms with E-state index in [-0.39, 0.29) is 19.2 Å². The molecular weight excluding hydrogens is 304 g/mol. The van der Waals surface area contributed by atoms with Gasteiger partial charge in [0.15, 0.2) is 0 Å². The van der Waals surface area contributed by atoms with Crippen LogP contribution < -0.4 is 9.80 Å². The van der Waals surface area contributed by atoms with Gasteiger partial charge in [0.05, 0.1) is 24.6 Å². The fourth-order valence-corrected chi connectivity index (χ4v) is 2.78. The molecule has 5 nitrogen and oxygen atoms in total. The largest absolute Gasteiger partial charge is 0.392 e. The third-order valence-electron chi connectivity index (χ3n) is 4.00. The Hall–Kier alpha value is -2.37. The molecule has 2 aromatic carbocycles. The molecular formula is C19H24N2O3. The predicted molar refractivity (Wildman–Crippen MR) is 96.2 cm³/mol. The van der Waals surface area contributed by atoms with Gasteiger partial charge in [0.2, 0.25) is 0 Å². The van der Waals surface area contributed by atoms with Crippen molar-refractivity contribution in [3.05, 3.63) is 59.7 Å². The van der Waals surface area contributed by atoms with Gasteiger partial charge in [-0.1, -0.05) is 36.4 Å². The van der Waals surface area contributed by atoms with Crippen molar-refractivity contribution in [2.24, 2.45) is 0 Å². The Balaban J connectivity index is 2.42. The van der Waals surface area contributed by atoms with Crippen LogP contribution in [0.3, 0.4) is 0 Å². The third-order valence-corrected chi connectivity index (χ3v) is 4.00. The third kappa shape index (κ3) is 3.58. The van der Waals surface area contributed by atoms with Crippen LogP contribution in [0.2, 0.25) is 0 Å². The van der Waals surface area contributed by atoms with Crippen molar-refractivity contribution in [1.82, 2.24) is 0 Å². The first-order valence-electron chi connectivity index (χ1n) is 8.14. The molecule has 0 aliphatic carbocycles. The number of carbonyl (C=O) groups excluding carboxylic acids is 1. The second-order valence-corrected chi connectivity index (χ2v) is 5.34. The van der Waals surface area contributed by atoms with E-state index in [0.29, 0.717) is 35.6 Å². The molecule has 24 heavy (non-hydrogen) atoms. The summed E-state index contributed by atoms with van der Waals surface area (Å²) in [6.45, 7) is 4.51. The fraction of sp³-hybridized carbons (Fsp3) is 0.316. The lowest BCUT2D eigenvalue weighted by Gasteiger charge is -2.31. The molecule has 0 atom stereocenters. The number of hydrogen-bond donors (Lipinski definition) is 2. The van der Waals surface area contributed by atoms with Gasteiger partial charge in [0.1, 0.15) is 0 Å². The number of para-hydroxylation sites is 2. The van der Waals surface area contributed by atoms with Crippen molar-refractivity contribution < 1.29 is 15.0 Å². The molecule has 0 spiro atoms. The Morgan fingerprint density at radius 1 is 0.792 bits per heavy atom. The molecule has 2 aromatic rings. The fourth-order valence-electron chi connectivity index (χ4n) is 2.78. The number of rotatable bonds is 6. The van der Waals surface area contributed by atoms with E-state index < -0.39 is 0 Å². The first-order chi connectivity index (χ1) is 11.7. The summed E-state index contributed by atoms with van der Waals surface area (Å²) in [7, 11) is 0. The molecule has 0 aliphatic rings. The second-order valence-electron chi connectivity index (χ2n) is 5.34. The van der Waals surface area contributed by atoms with Gasteiger partial charge in [0, 0.05) is 24.2 Å². The van der Waals surface area contributed by atoms with Crippen LogP contribution in [0.5, 0.6) is 0 Å². The zero-order valence-electron chi connectivity index (χ0n) is 14.1. The molecule has 0 unspecified atom stereocenters. The first-order valence-corrected chi connectivity index (χ1v) is 8.14. The smallest absolute Gasteiger partial charge is 0.328 e. The summed E-state index contributed by atoms with van der Waals surface area (Å²) in [4.78, 5) is 16.4. The molecule has 0 saturated carbocycles. The minimum atomic E-state index is -0.179. The summed E-state index contributed by atoms with van der Waals surface area (Å²) in [5, 5.41) is 19.1. The Kier molecular flexibility index (Phi) is 6.35. The van der Waals surface area contributed by atoms with E-state index in [1.165, 1.54) is 0 Å². The van der Waals surface area contributed by atoms with Crippen LogP contribution >= 0.6 is 0 Å². The molecule has 2 rings (SSSR count). The highest BCUT2D eigenvalue weighted by Crippen LogP contribution is 2.26. The van der Waals surface area contributed by atoms with Crippen molar-refractivity contribution in [2.75, 3.05) is 22.9 Å². The van der Waals surface area contributed by atoms with E-state index in [1.807, 2.05) is 62.4 Å². The number of aliphatic hydroxyl groups is 2. The summed E-state index contributed by atoms with van der Waals surface area (Å²) in [6, 6.07) is 14.5. The molecule has 0 fully saturated rings. The Morgan fingerprint density at radius 2 is 1.17 bits per heavy atom. The number of urea groups is 1. The lowest BCUT2D eigenvalue weighted by atomic mass is 10.1. The zero-order valence-corrected chi connectivity index (χ0v) is 14.1. The Morgan fingerprint density at radius 3 is 1.50 bits per heavy atom. The van der Waals surface area contributed by atoms with Crippen LogP contribution in [0, 0.1) is 0 Å². The van der Waals surface area contributed by atoms with E-state index >= 15 is 0 Å². The number of carbonyl (C=O) groups is 1. The molecule has 5 heteroatoms. The van der Waals surface area contributed by atoms with Gasteiger partial charge in [-0.2, -0.15) is 0 Å². The zero-order chi connectivity index (χ0) is 17.5. The quantitative estimate of drug-likeness (QED) is 0.856. The molecule has 0 radical (unpaired) electrons. The van der Waals surface area contributed by atoms with Crippen molar-refractivity contribution >= 4 is 17.4 Å². The highest BCUT2D eigenvalue weighted by Gasteiger charge is 2.24. The number of hydrogen-bond acceptors (Lipinski definition) is 3. The maximum Gasteiger partial charge on any atom is 0.328 e. The van der Waals surface area contributed by atoms with Crippen LogP contribution in [-0.2, 0) is 13.2 Å². The molecule has 0 aliphatic heterocycles. The van der Waals surface area contributed by atoms with E-state index in [4.69, 9.17) is 0 Å². The maximum absolute atomic E-state index is 13.1. The van der Waals surface area contributed by atoms with E-state index in [1.54, 1.807) is 9.80 Å². The van der Waals surface area contributed by atoms with E-state index in [0.717, 1.165) is 0 Å². The minimum absolute atomic E-state index is 0.126. The van der Waals surface area contributed by atoms with Gasteiger partial charge in [-0.3, -0.25) is 9.80 Å². The molecule has 0 bridgehead atoms. The van der Waals surface area contributed by atoms with Gasteiger partial charge in [-0.25, -0.2) is 4.79 Å². The summed E-state index contributed by atoms with van der Waals surface area (Å²) < 4.78 is 0. The van der Waals surface area contributed by atoms with Gasteiger partial charge in [-0.05, 0) is 26.0 Å². The van der Waals surface area contributed by atoms with Crippen molar-refractivity contribution in [3.8, 4) is 0 Å². The SMILES string of the molecule is CCN(C(=O)N(CC)c1ccccc1CO)c1ccccc1CO. The number of benzene rings is 2. The summed E-state index contributed by atoms with van der Waals surface area (Å²) in [5.74, 6) is 0. The number of amides is 2. The lowest BCUT2D eigenvalue weighted by Crippen LogP contribution is -2.44. The Bertz CT molecular complexity index is 630. The van der Waals surface area contributed by atoms with Crippen LogP contribution in [0.15, 0.2) is 48.5 Å². The molecule has 2 N–H and O–H groups in total. The average Bonchev–Trinajstić information content (AvgIpc) is 2.64. The summed E-state index contributed by atoms with van der Waals surface area (Å²) >= 11 is 0. The van der Waals surface area contributed by atoms with E-state index in [2.05, 4.69) is 0 Å². The molecule has 0 saturated heterocycles. The van der Waals surface area contributed by atoms with Gasteiger partial charge in [0.25, 0.3) is 0 Å². The maximum atomic E-state index is 13.1. The summed E-state index contributed by atoms with van der Waals surface area (Å²) in [5.41, 5.74) is 2.82. The molecule has 2 amide bonds. The van der Waals surface area contributed by atoms with Crippen LogP contribution in [0.1, 0.15) is 25.0 Å². The van der Waals surface area contributed by atoms with Gasteiger partial charge >= 0.3 is 6.03 Å². The number of aliphatic hydroxyl groups excluding tert-OH is 2. The number of nitrogens with zero attached hydrogens (tertiary/aromatic N) is 2. The standard InChI is InChI=1S/C19H24N2O3/c1-3-20(17-11-7-5-9-15(17)13-22)19(24)21(4-2)18-12-8-6-10-16(18)14-23/h5-12,22-23H,3-4,13-14H2,1-2H3. The van der Waals surface area contributed by atoms with Gasteiger partial charge in [-0.15, -0.1) is 0 Å². The molecule has 0 aromatic heterocycles. The lowest BCUT2D eigenvalue weighted by molar-refractivity contribution is 0.251. The first kappa shape index (κ1) is 18.0. The minimum Gasteiger partial charge on any atom is -0.392 e. The van der Waals surface area contributed by atoms with Gasteiger partial charge < -0.3 is 10.2 Å². The number of anilines is 2. The van der Waals surface area contributed by atoms with Crippen molar-refractivity contribution in [1.29, 1.82) is 0 Å².